The van der Waals surface area contributed by atoms with Gasteiger partial charge in [0.25, 0.3) is 0 Å². The number of para-hydroxylation sites is 2. The minimum Gasteiger partial charge on any atom is -0.308 e. The Morgan fingerprint density at radius 1 is 0.444 bits per heavy atom. The molecule has 0 bridgehead atoms. The number of aromatic nitrogens is 5. The lowest BCUT2D eigenvalue weighted by molar-refractivity contribution is 0.645. The fraction of sp³-hybridized carbons (Fsp3) is 0.128. The predicted octanol–water partition coefficient (Wildman–Crippen LogP) is 12.5. The number of nitrogens with zero attached hydrogens (tertiary/aromatic N) is 5. The Kier molecular flexibility index (Phi) is 5.89. The van der Waals surface area contributed by atoms with E-state index in [1.807, 2.05) is 40.9 Å². The van der Waals surface area contributed by atoms with Gasteiger partial charge in [-0.15, -0.1) is 22.7 Å². The third-order valence-electron chi connectivity index (χ3n) is 12.0. The van der Waals surface area contributed by atoms with Crippen LogP contribution in [0.25, 0.3) is 89.2 Å². The van der Waals surface area contributed by atoms with E-state index >= 15 is 0 Å². The molecule has 2 aliphatic heterocycles. The van der Waals surface area contributed by atoms with Gasteiger partial charge in [-0.3, -0.25) is 0 Å². The van der Waals surface area contributed by atoms with Crippen LogP contribution >= 0.6 is 22.7 Å². The normalized spacial score (nSPS) is 15.0. The largest absolute Gasteiger partial charge is 0.308 e. The summed E-state index contributed by atoms with van der Waals surface area (Å²) in [6.07, 6.45) is 0. The second-order valence-corrected chi connectivity index (χ2v) is 17.6. The standard InChI is InChI=1S/C47H33N5S2/c1-46(2)33-14-8-12-29-31-24-27(16-18-35(31)51(39(29)33)37-20-22-53-41(37)46)44-48-43(26-10-6-5-7-11-26)49-45(50-44)28-17-19-36-32(25-28)30-13-9-15-34-40(30)52(36)38-21-23-54-42(38)47(34,3)4/h5-25H,1-4H3. The van der Waals surface area contributed by atoms with Gasteiger partial charge in [-0.1, -0.05) is 94.4 Å². The second-order valence-electron chi connectivity index (χ2n) is 15.7. The van der Waals surface area contributed by atoms with Crippen LogP contribution in [0.5, 0.6) is 0 Å². The molecule has 0 spiro atoms. The van der Waals surface area contributed by atoms with E-state index < -0.39 is 0 Å². The molecule has 12 rings (SSSR count). The summed E-state index contributed by atoms with van der Waals surface area (Å²) >= 11 is 3.69. The van der Waals surface area contributed by atoms with E-state index in [4.69, 9.17) is 15.0 Å². The van der Waals surface area contributed by atoms with Crippen molar-refractivity contribution < 1.29 is 0 Å². The highest BCUT2D eigenvalue weighted by molar-refractivity contribution is 7.11. The molecule has 5 aromatic heterocycles. The van der Waals surface area contributed by atoms with Gasteiger partial charge in [0.2, 0.25) is 0 Å². The van der Waals surface area contributed by atoms with Crippen molar-refractivity contribution in [1.29, 1.82) is 0 Å². The Bertz CT molecular complexity index is 3030. The highest BCUT2D eigenvalue weighted by Crippen LogP contribution is 2.51. The van der Waals surface area contributed by atoms with Gasteiger partial charge < -0.3 is 9.13 Å². The molecule has 5 nitrogen and oxygen atoms in total. The van der Waals surface area contributed by atoms with Crippen LogP contribution in [-0.2, 0) is 10.8 Å². The molecule has 10 aromatic rings. The summed E-state index contributed by atoms with van der Waals surface area (Å²) in [5.74, 6) is 1.99. The minimum atomic E-state index is -0.0706. The van der Waals surface area contributed by atoms with Crippen LogP contribution in [0.3, 0.4) is 0 Å². The van der Waals surface area contributed by atoms with Crippen molar-refractivity contribution in [1.82, 2.24) is 24.1 Å². The van der Waals surface area contributed by atoms with Gasteiger partial charge >= 0.3 is 0 Å². The maximum atomic E-state index is 5.26. The molecule has 0 saturated carbocycles. The van der Waals surface area contributed by atoms with Gasteiger partial charge in [0.1, 0.15) is 0 Å². The maximum absolute atomic E-state index is 5.26. The third-order valence-corrected chi connectivity index (χ3v) is 14.5. The quantitative estimate of drug-likeness (QED) is 0.182. The maximum Gasteiger partial charge on any atom is 0.164 e. The summed E-state index contributed by atoms with van der Waals surface area (Å²) in [5, 5.41) is 9.36. The van der Waals surface area contributed by atoms with Crippen molar-refractivity contribution in [2.24, 2.45) is 0 Å². The molecule has 7 heterocycles. The monoisotopic (exact) mass is 731 g/mol. The first kappa shape index (κ1) is 30.6. The first-order chi connectivity index (χ1) is 26.3. The summed E-state index contributed by atoms with van der Waals surface area (Å²) in [6.45, 7) is 9.40. The Morgan fingerprint density at radius 3 is 1.39 bits per heavy atom. The average molecular weight is 732 g/mol. The van der Waals surface area contributed by atoms with Crippen LogP contribution in [-0.4, -0.2) is 24.1 Å². The number of fused-ring (bicyclic) bond motifs is 10. The second kappa shape index (κ2) is 10.4. The molecule has 258 valence electrons. The molecule has 0 aliphatic carbocycles. The predicted molar refractivity (Wildman–Crippen MR) is 225 cm³/mol. The molecule has 5 aromatic carbocycles. The van der Waals surface area contributed by atoms with E-state index in [1.54, 1.807) is 0 Å². The van der Waals surface area contributed by atoms with Crippen molar-refractivity contribution in [3.05, 3.63) is 147 Å². The van der Waals surface area contributed by atoms with Gasteiger partial charge in [0, 0.05) is 58.8 Å². The Hall–Kier alpha value is -5.89. The van der Waals surface area contributed by atoms with Gasteiger partial charge in [0.15, 0.2) is 17.5 Å². The smallest absolute Gasteiger partial charge is 0.164 e. The van der Waals surface area contributed by atoms with Gasteiger partial charge in [0.05, 0.1) is 33.4 Å². The van der Waals surface area contributed by atoms with Crippen molar-refractivity contribution in [2.45, 2.75) is 38.5 Å². The lowest BCUT2D eigenvalue weighted by Gasteiger charge is -2.32. The number of benzene rings is 5. The molecule has 0 unspecified atom stereocenters. The molecular weight excluding hydrogens is 699 g/mol. The summed E-state index contributed by atoms with van der Waals surface area (Å²) in [7, 11) is 0. The summed E-state index contributed by atoms with van der Waals surface area (Å²) in [4.78, 5) is 18.4. The lowest BCUT2D eigenvalue weighted by Crippen LogP contribution is -2.24. The number of rotatable bonds is 3. The van der Waals surface area contributed by atoms with E-state index in [-0.39, 0.29) is 10.8 Å². The Morgan fingerprint density at radius 2 is 0.907 bits per heavy atom. The summed E-state index contributed by atoms with van der Waals surface area (Å²) in [5.41, 5.74) is 13.0. The average Bonchev–Trinajstić information content (AvgIpc) is 4.01. The van der Waals surface area contributed by atoms with Gasteiger partial charge in [-0.25, -0.2) is 15.0 Å². The van der Waals surface area contributed by atoms with Crippen LogP contribution in [0.4, 0.5) is 0 Å². The van der Waals surface area contributed by atoms with Crippen LogP contribution in [0, 0.1) is 0 Å². The summed E-state index contributed by atoms with van der Waals surface area (Å²) in [6, 6.07) is 41.8. The molecule has 0 saturated heterocycles. The highest BCUT2D eigenvalue weighted by Gasteiger charge is 2.37. The zero-order valence-electron chi connectivity index (χ0n) is 30.2. The van der Waals surface area contributed by atoms with Crippen molar-refractivity contribution >= 4 is 66.3 Å². The van der Waals surface area contributed by atoms with Crippen LogP contribution < -0.4 is 0 Å². The Labute approximate surface area is 319 Å². The lowest BCUT2D eigenvalue weighted by atomic mass is 9.79. The first-order valence-electron chi connectivity index (χ1n) is 18.4. The molecule has 54 heavy (non-hydrogen) atoms. The SMILES string of the molecule is CC1(C)c2sccc2-n2c3ccc(-c4nc(-c5ccccc5)nc(-c5ccc6c(c5)c5cccc7c5n6-c5ccsc5C7(C)C)n4)cc3c3cccc1c32. The third kappa shape index (κ3) is 3.85. The number of hydrogen-bond acceptors (Lipinski definition) is 5. The summed E-state index contributed by atoms with van der Waals surface area (Å²) < 4.78 is 4.92. The molecule has 0 atom stereocenters. The molecule has 7 heteroatoms. The van der Waals surface area contributed by atoms with Crippen LogP contribution in [0.15, 0.2) is 126 Å². The number of thiophene rings is 2. The van der Waals surface area contributed by atoms with Crippen molar-refractivity contribution in [3.8, 4) is 45.5 Å². The molecule has 0 fully saturated rings. The van der Waals surface area contributed by atoms with E-state index in [0.717, 1.165) is 16.7 Å². The van der Waals surface area contributed by atoms with Crippen molar-refractivity contribution in [2.75, 3.05) is 0 Å². The van der Waals surface area contributed by atoms with E-state index in [1.165, 1.54) is 75.9 Å². The van der Waals surface area contributed by atoms with Crippen LogP contribution in [0.1, 0.15) is 48.6 Å². The fourth-order valence-electron chi connectivity index (χ4n) is 9.41. The molecule has 0 radical (unpaired) electrons. The van der Waals surface area contributed by atoms with E-state index in [2.05, 4.69) is 145 Å². The number of hydrogen-bond donors (Lipinski definition) is 0. The molecule has 0 N–H and O–H groups in total. The fourth-order valence-corrected chi connectivity index (χ4v) is 11.4. The van der Waals surface area contributed by atoms with Gasteiger partial charge in [-0.05, 0) is 70.4 Å². The van der Waals surface area contributed by atoms with Gasteiger partial charge in [-0.2, -0.15) is 0 Å². The topological polar surface area (TPSA) is 48.5 Å². The molecule has 0 amide bonds. The molecular formula is C47H33N5S2. The van der Waals surface area contributed by atoms with Crippen LogP contribution in [0.2, 0.25) is 0 Å². The van der Waals surface area contributed by atoms with E-state index in [9.17, 15) is 0 Å². The first-order valence-corrected chi connectivity index (χ1v) is 20.2. The highest BCUT2D eigenvalue weighted by atomic mass is 32.1. The Balaban J connectivity index is 1.08. The minimum absolute atomic E-state index is 0.0706. The zero-order chi connectivity index (χ0) is 36.1. The molecule has 2 aliphatic rings. The van der Waals surface area contributed by atoms with Crippen molar-refractivity contribution in [3.63, 3.8) is 0 Å². The van der Waals surface area contributed by atoms with E-state index in [0.29, 0.717) is 17.5 Å². The zero-order valence-corrected chi connectivity index (χ0v) is 31.8.